The molecule has 9 heteroatoms. The lowest BCUT2D eigenvalue weighted by Crippen LogP contribution is -2.41. The summed E-state index contributed by atoms with van der Waals surface area (Å²) in [4.78, 5) is 34.1. The molecule has 1 atom stereocenters. The quantitative estimate of drug-likeness (QED) is 0.678. The molecule has 0 aromatic carbocycles. The normalized spacial score (nSPS) is 11.8. The number of carboxylic acid groups (broad SMARTS) is 1. The van der Waals surface area contributed by atoms with E-state index in [2.05, 4.69) is 41.9 Å². The molecule has 1 rings (SSSR count). The average Bonchev–Trinajstić information content (AvgIpc) is 2.72. The van der Waals surface area contributed by atoms with Crippen LogP contribution in [-0.4, -0.2) is 36.1 Å². The fourth-order valence-electron chi connectivity index (χ4n) is 1.35. The van der Waals surface area contributed by atoms with E-state index in [-0.39, 0.29) is 12.8 Å². The third-order valence-corrected chi connectivity index (χ3v) is 4.71. The van der Waals surface area contributed by atoms with E-state index in [1.807, 2.05) is 0 Å². The Bertz CT molecular complexity index is 531. The summed E-state index contributed by atoms with van der Waals surface area (Å²) in [5.41, 5.74) is 0.339. The SMILES string of the molecule is COC(=O)CC[C@@H](NC(=O)c1cc(Br)sc1Br)C(=O)O. The zero-order valence-corrected chi connectivity index (χ0v) is 14.3. The molecular formula is C11H11Br2NO5S. The maximum atomic E-state index is 12.0. The molecule has 6 nitrogen and oxygen atoms in total. The van der Waals surface area contributed by atoms with Crippen molar-refractivity contribution in [2.24, 2.45) is 0 Å². The van der Waals surface area contributed by atoms with Crippen LogP contribution in [0.25, 0.3) is 0 Å². The van der Waals surface area contributed by atoms with E-state index < -0.39 is 23.9 Å². The Morgan fingerprint density at radius 3 is 2.55 bits per heavy atom. The third kappa shape index (κ3) is 4.88. The third-order valence-electron chi connectivity index (χ3n) is 2.37. The van der Waals surface area contributed by atoms with Crippen LogP contribution in [0.2, 0.25) is 0 Å². The predicted molar refractivity (Wildman–Crippen MR) is 79.9 cm³/mol. The maximum Gasteiger partial charge on any atom is 0.326 e. The fourth-order valence-corrected chi connectivity index (χ4v) is 4.15. The van der Waals surface area contributed by atoms with Crippen LogP contribution in [0.5, 0.6) is 0 Å². The molecule has 0 bridgehead atoms. The molecule has 0 saturated heterocycles. The van der Waals surface area contributed by atoms with Crippen LogP contribution in [0.3, 0.4) is 0 Å². The Hall–Kier alpha value is -0.930. The van der Waals surface area contributed by atoms with Crippen molar-refractivity contribution in [2.75, 3.05) is 7.11 Å². The Balaban J connectivity index is 2.70. The first-order chi connectivity index (χ1) is 9.35. The number of nitrogens with one attached hydrogen (secondary N) is 1. The molecule has 1 amide bonds. The van der Waals surface area contributed by atoms with Gasteiger partial charge in [0, 0.05) is 6.42 Å². The number of methoxy groups -OCH3 is 1. The summed E-state index contributed by atoms with van der Waals surface area (Å²) < 4.78 is 5.78. The lowest BCUT2D eigenvalue weighted by Gasteiger charge is -2.13. The number of halogens is 2. The zero-order chi connectivity index (χ0) is 15.3. The van der Waals surface area contributed by atoms with Gasteiger partial charge in [-0.05, 0) is 44.3 Å². The van der Waals surface area contributed by atoms with Gasteiger partial charge >= 0.3 is 11.9 Å². The predicted octanol–water partition coefficient (Wildman–Crippen LogP) is 2.41. The number of ether oxygens (including phenoxy) is 1. The molecule has 20 heavy (non-hydrogen) atoms. The van der Waals surface area contributed by atoms with Crippen molar-refractivity contribution in [1.29, 1.82) is 0 Å². The topological polar surface area (TPSA) is 92.7 Å². The maximum absolute atomic E-state index is 12.0. The summed E-state index contributed by atoms with van der Waals surface area (Å²) in [6, 6.07) is 0.440. The van der Waals surface area contributed by atoms with Crippen LogP contribution in [0, 0.1) is 0 Å². The lowest BCUT2D eigenvalue weighted by molar-refractivity contribution is -0.142. The Morgan fingerprint density at radius 2 is 2.10 bits per heavy atom. The Kier molecular flexibility index (Phi) is 6.63. The minimum absolute atomic E-state index is 0.0311. The summed E-state index contributed by atoms with van der Waals surface area (Å²) in [5.74, 6) is -2.24. The molecule has 0 aliphatic carbocycles. The van der Waals surface area contributed by atoms with E-state index in [4.69, 9.17) is 5.11 Å². The van der Waals surface area contributed by atoms with Crippen LogP contribution in [0.4, 0.5) is 0 Å². The Labute approximate surface area is 135 Å². The highest BCUT2D eigenvalue weighted by molar-refractivity contribution is 9.12. The molecule has 0 radical (unpaired) electrons. The summed E-state index contributed by atoms with van der Waals surface area (Å²) in [7, 11) is 1.22. The molecule has 0 unspecified atom stereocenters. The van der Waals surface area contributed by atoms with Crippen LogP contribution in [0.15, 0.2) is 13.6 Å². The van der Waals surface area contributed by atoms with Crippen molar-refractivity contribution >= 4 is 61.0 Å². The molecule has 0 aliphatic heterocycles. The molecule has 110 valence electrons. The minimum atomic E-state index is -1.20. The van der Waals surface area contributed by atoms with E-state index >= 15 is 0 Å². The van der Waals surface area contributed by atoms with Gasteiger partial charge in [0.2, 0.25) is 0 Å². The second-order valence-electron chi connectivity index (χ2n) is 3.72. The standard InChI is InChI=1S/C11H11Br2NO5S/c1-19-8(15)3-2-6(11(17)18)14-10(16)5-4-7(12)20-9(5)13/h4,6H,2-3H2,1H3,(H,14,16)(H,17,18)/t6-/m1/s1. The van der Waals surface area contributed by atoms with Crippen LogP contribution < -0.4 is 5.32 Å². The number of carbonyl (C=O) groups is 3. The molecule has 0 aliphatic rings. The van der Waals surface area contributed by atoms with Crippen molar-refractivity contribution < 1.29 is 24.2 Å². The molecule has 1 aromatic rings. The number of carbonyl (C=O) groups excluding carboxylic acids is 2. The number of amides is 1. The van der Waals surface area contributed by atoms with E-state index in [1.54, 1.807) is 6.07 Å². The van der Waals surface area contributed by atoms with E-state index in [0.29, 0.717) is 9.35 Å². The van der Waals surface area contributed by atoms with Gasteiger partial charge in [-0.25, -0.2) is 4.79 Å². The molecule has 1 aromatic heterocycles. The fraction of sp³-hybridized carbons (Fsp3) is 0.364. The van der Waals surface area contributed by atoms with Crippen LogP contribution in [-0.2, 0) is 14.3 Å². The van der Waals surface area contributed by atoms with Crippen molar-refractivity contribution in [3.63, 3.8) is 0 Å². The second-order valence-corrected chi connectivity index (χ2v) is 7.47. The van der Waals surface area contributed by atoms with Crippen molar-refractivity contribution in [3.05, 3.63) is 19.2 Å². The van der Waals surface area contributed by atoms with Crippen LogP contribution in [0.1, 0.15) is 23.2 Å². The molecule has 0 spiro atoms. The summed E-state index contributed by atoms with van der Waals surface area (Å²) in [5, 5.41) is 11.4. The first-order valence-corrected chi connectivity index (χ1v) is 7.80. The molecule has 0 fully saturated rings. The van der Waals surface area contributed by atoms with Gasteiger partial charge in [-0.3, -0.25) is 9.59 Å². The van der Waals surface area contributed by atoms with Gasteiger partial charge in [0.05, 0.1) is 20.2 Å². The van der Waals surface area contributed by atoms with Gasteiger partial charge < -0.3 is 15.2 Å². The zero-order valence-electron chi connectivity index (χ0n) is 10.3. The second kappa shape index (κ2) is 7.75. The lowest BCUT2D eigenvalue weighted by atomic mass is 10.1. The summed E-state index contributed by atoms with van der Waals surface area (Å²) in [6.07, 6.45) is -0.112. The number of esters is 1. The van der Waals surface area contributed by atoms with Gasteiger partial charge in [0.15, 0.2) is 0 Å². The van der Waals surface area contributed by atoms with Gasteiger partial charge in [-0.1, -0.05) is 0 Å². The summed E-state index contributed by atoms with van der Waals surface area (Å²) >= 11 is 7.77. The number of thiophene rings is 1. The van der Waals surface area contributed by atoms with E-state index in [1.165, 1.54) is 18.4 Å². The number of rotatable bonds is 6. The van der Waals surface area contributed by atoms with Gasteiger partial charge in [0.1, 0.15) is 6.04 Å². The molecular weight excluding hydrogens is 418 g/mol. The van der Waals surface area contributed by atoms with Crippen LogP contribution >= 0.6 is 43.2 Å². The van der Waals surface area contributed by atoms with Gasteiger partial charge in [0.25, 0.3) is 5.91 Å². The number of aliphatic carboxylic acids is 1. The van der Waals surface area contributed by atoms with Crippen molar-refractivity contribution in [2.45, 2.75) is 18.9 Å². The highest BCUT2D eigenvalue weighted by Gasteiger charge is 2.23. The van der Waals surface area contributed by atoms with Gasteiger partial charge in [-0.15, -0.1) is 11.3 Å². The minimum Gasteiger partial charge on any atom is -0.480 e. The number of carboxylic acids is 1. The highest BCUT2D eigenvalue weighted by Crippen LogP contribution is 2.31. The highest BCUT2D eigenvalue weighted by atomic mass is 79.9. The van der Waals surface area contributed by atoms with E-state index in [0.717, 1.165) is 3.79 Å². The first-order valence-electron chi connectivity index (χ1n) is 5.40. The largest absolute Gasteiger partial charge is 0.480 e. The molecule has 2 N–H and O–H groups in total. The van der Waals surface area contributed by atoms with Crippen molar-refractivity contribution in [1.82, 2.24) is 5.32 Å². The van der Waals surface area contributed by atoms with Crippen molar-refractivity contribution in [3.8, 4) is 0 Å². The van der Waals surface area contributed by atoms with Gasteiger partial charge in [-0.2, -0.15) is 0 Å². The first kappa shape index (κ1) is 17.1. The Morgan fingerprint density at radius 1 is 1.45 bits per heavy atom. The number of hydrogen-bond acceptors (Lipinski definition) is 5. The summed E-state index contributed by atoms with van der Waals surface area (Å²) in [6.45, 7) is 0. The smallest absolute Gasteiger partial charge is 0.326 e. The van der Waals surface area contributed by atoms with E-state index in [9.17, 15) is 14.4 Å². The molecule has 1 heterocycles. The monoisotopic (exact) mass is 427 g/mol. The molecule has 0 saturated carbocycles. The number of hydrogen-bond donors (Lipinski definition) is 2. The average molecular weight is 429 g/mol.